The first-order valence-corrected chi connectivity index (χ1v) is 21.6. The zero-order valence-corrected chi connectivity index (χ0v) is 34.4. The lowest BCUT2D eigenvalue weighted by molar-refractivity contribution is -0.148. The van der Waals surface area contributed by atoms with E-state index >= 15 is 4.39 Å². The maximum atomic E-state index is 16.1. The Bertz CT molecular complexity index is 2280. The van der Waals surface area contributed by atoms with Crippen molar-refractivity contribution in [2.75, 3.05) is 31.5 Å². The number of aliphatic carboxylic acids is 1. The molecule has 304 valence electrons. The van der Waals surface area contributed by atoms with Crippen molar-refractivity contribution in [3.8, 4) is 11.1 Å². The number of carbonyl (C=O) groups is 2. The molecule has 1 saturated heterocycles. The Hall–Kier alpha value is -4.67. The van der Waals surface area contributed by atoms with Crippen LogP contribution in [0.15, 0.2) is 48.7 Å². The van der Waals surface area contributed by atoms with Gasteiger partial charge in [-0.25, -0.2) is 9.37 Å². The van der Waals surface area contributed by atoms with Crippen molar-refractivity contribution in [3.05, 3.63) is 99.4 Å². The number of hydrogen-bond acceptors (Lipinski definition) is 6. The number of carboxylic acid groups (broad SMARTS) is 1. The van der Waals surface area contributed by atoms with E-state index in [4.69, 9.17) is 4.98 Å². The average molecular weight is 785 g/mol. The van der Waals surface area contributed by atoms with Crippen LogP contribution in [-0.4, -0.2) is 67.5 Å². The molecule has 10 heteroatoms. The highest BCUT2D eigenvalue weighted by Gasteiger charge is 2.57. The maximum Gasteiger partial charge on any atom is 0.309 e. The molecular formula is C48H57FN6O3. The lowest BCUT2D eigenvalue weighted by Crippen LogP contribution is -2.34. The van der Waals surface area contributed by atoms with Gasteiger partial charge in [0.25, 0.3) is 5.91 Å². The molecule has 5 aliphatic rings. The number of hydrogen-bond donors (Lipinski definition) is 2. The molecule has 58 heavy (non-hydrogen) atoms. The Morgan fingerprint density at radius 3 is 2.43 bits per heavy atom. The van der Waals surface area contributed by atoms with Gasteiger partial charge in [-0.1, -0.05) is 36.8 Å². The van der Waals surface area contributed by atoms with Crippen molar-refractivity contribution < 1.29 is 19.1 Å². The van der Waals surface area contributed by atoms with E-state index < -0.39 is 11.4 Å². The van der Waals surface area contributed by atoms with Gasteiger partial charge in [0.1, 0.15) is 5.83 Å². The number of halogens is 1. The number of nitrogens with one attached hydrogen (secondary N) is 1. The number of anilines is 1. The second kappa shape index (κ2) is 15.5. The van der Waals surface area contributed by atoms with Gasteiger partial charge in [-0.05, 0) is 166 Å². The molecule has 2 aliphatic heterocycles. The first-order chi connectivity index (χ1) is 28.0. The van der Waals surface area contributed by atoms with Crippen molar-refractivity contribution in [1.82, 2.24) is 24.3 Å². The van der Waals surface area contributed by atoms with Crippen LogP contribution in [0.2, 0.25) is 0 Å². The normalized spacial score (nSPS) is 23.6. The summed E-state index contributed by atoms with van der Waals surface area (Å²) in [5.74, 6) is -0.295. The molecule has 2 N–H and O–H groups in total. The van der Waals surface area contributed by atoms with Gasteiger partial charge >= 0.3 is 5.97 Å². The van der Waals surface area contributed by atoms with Crippen molar-refractivity contribution in [2.24, 2.45) is 17.9 Å². The minimum absolute atomic E-state index is 0.156. The van der Waals surface area contributed by atoms with Gasteiger partial charge in [0.05, 0.1) is 16.8 Å². The largest absolute Gasteiger partial charge is 0.481 e. The summed E-state index contributed by atoms with van der Waals surface area (Å²) in [4.78, 5) is 40.3. The minimum atomic E-state index is -0.611. The smallest absolute Gasteiger partial charge is 0.309 e. The zero-order valence-electron chi connectivity index (χ0n) is 34.4. The zero-order chi connectivity index (χ0) is 40.2. The van der Waals surface area contributed by atoms with E-state index in [0.717, 1.165) is 130 Å². The van der Waals surface area contributed by atoms with Gasteiger partial charge in [0.2, 0.25) is 0 Å². The summed E-state index contributed by atoms with van der Waals surface area (Å²) < 4.78 is 18.0. The van der Waals surface area contributed by atoms with E-state index in [1.165, 1.54) is 30.4 Å². The summed E-state index contributed by atoms with van der Waals surface area (Å²) in [6, 6.07) is 13.9. The Labute approximate surface area is 341 Å². The summed E-state index contributed by atoms with van der Waals surface area (Å²) in [5, 5.41) is 13.0. The van der Waals surface area contributed by atoms with Gasteiger partial charge in [-0.3, -0.25) is 24.4 Å². The van der Waals surface area contributed by atoms with E-state index in [-0.39, 0.29) is 17.1 Å². The molecule has 0 atom stereocenters. The maximum absolute atomic E-state index is 16.1. The number of carbonyl (C=O) groups excluding carboxylic acids is 1. The SMILES string of the molecule is Cc1c(/C=C(\F)c2cc(C3CC3)c(CN3CCCCC3)cn2)cccc1-c1cccc(NC(=O)c2nc3c(n2C)CCN(CCC24CCC(C(=O)O)(CC2)C4)C3)c1C. The van der Waals surface area contributed by atoms with Crippen LogP contribution in [0.4, 0.5) is 10.1 Å². The molecule has 0 radical (unpaired) electrons. The Morgan fingerprint density at radius 1 is 0.966 bits per heavy atom. The lowest BCUT2D eigenvalue weighted by atomic mass is 9.80. The predicted octanol–water partition coefficient (Wildman–Crippen LogP) is 9.47. The number of carboxylic acids is 1. The standard InChI is InChI=1S/C48H57FN6O3/c1-31-34(25-39(49)41-26-38(33-13-14-33)35(27-50-41)28-54-21-5-4-6-22-54)9-7-10-36(31)37-11-8-12-40(32(37)2)52-45(56)44-51-42-29-55(23-15-43(42)53(44)3)24-20-47-16-18-48(30-47,19-17-47)46(57)58/h7-12,25-27,33H,4-6,13-24,28-30H2,1-3H3,(H,52,56)(H,57,58)/b39-25-. The first-order valence-electron chi connectivity index (χ1n) is 21.6. The van der Waals surface area contributed by atoms with E-state index in [2.05, 4.69) is 26.2 Å². The average Bonchev–Trinajstić information content (AvgIpc) is 3.79. The van der Waals surface area contributed by atoms with Crippen LogP contribution in [0.5, 0.6) is 0 Å². The molecule has 0 spiro atoms. The number of nitrogens with zero attached hydrogens (tertiary/aromatic N) is 5. The van der Waals surface area contributed by atoms with Crippen molar-refractivity contribution >= 4 is 29.5 Å². The number of fused-ring (bicyclic) bond motifs is 3. The van der Waals surface area contributed by atoms with Gasteiger partial charge in [0, 0.05) is 50.7 Å². The summed E-state index contributed by atoms with van der Waals surface area (Å²) >= 11 is 0. The van der Waals surface area contributed by atoms with Crippen LogP contribution in [0, 0.1) is 24.7 Å². The number of imidazole rings is 1. The number of pyridine rings is 1. The molecule has 2 aromatic heterocycles. The van der Waals surface area contributed by atoms with E-state index in [9.17, 15) is 14.7 Å². The molecule has 1 amide bonds. The fourth-order valence-corrected chi connectivity index (χ4v) is 10.8. The van der Waals surface area contributed by atoms with E-state index in [1.807, 2.05) is 68.1 Å². The monoisotopic (exact) mass is 784 g/mol. The second-order valence-corrected chi connectivity index (χ2v) is 18.2. The van der Waals surface area contributed by atoms with E-state index in [1.54, 1.807) is 6.08 Å². The quantitative estimate of drug-likeness (QED) is 0.148. The van der Waals surface area contributed by atoms with Gasteiger partial charge in [-0.15, -0.1) is 0 Å². The third-order valence-corrected chi connectivity index (χ3v) is 14.6. The summed E-state index contributed by atoms with van der Waals surface area (Å²) in [7, 11) is 1.93. The third-order valence-electron chi connectivity index (χ3n) is 14.6. The van der Waals surface area contributed by atoms with Crippen LogP contribution in [-0.2, 0) is 31.4 Å². The number of aromatic nitrogens is 3. The molecule has 2 bridgehead atoms. The molecule has 9 nitrogen and oxygen atoms in total. The molecule has 3 saturated carbocycles. The molecule has 2 aromatic carbocycles. The van der Waals surface area contributed by atoms with Crippen LogP contribution in [0.3, 0.4) is 0 Å². The van der Waals surface area contributed by atoms with Crippen LogP contribution >= 0.6 is 0 Å². The highest BCUT2D eigenvalue weighted by Crippen LogP contribution is 2.63. The topological polar surface area (TPSA) is 104 Å². The first kappa shape index (κ1) is 38.8. The fourth-order valence-electron chi connectivity index (χ4n) is 10.8. The molecule has 4 aromatic rings. The number of rotatable bonds is 12. The van der Waals surface area contributed by atoms with Crippen LogP contribution < -0.4 is 5.32 Å². The predicted molar refractivity (Wildman–Crippen MR) is 226 cm³/mol. The van der Waals surface area contributed by atoms with Crippen LogP contribution in [0.25, 0.3) is 23.0 Å². The van der Waals surface area contributed by atoms with Gasteiger partial charge in [-0.2, -0.15) is 0 Å². The molecule has 0 unspecified atom stereocenters. The molecule has 3 aliphatic carbocycles. The highest BCUT2D eigenvalue weighted by atomic mass is 19.1. The highest BCUT2D eigenvalue weighted by molar-refractivity contribution is 6.03. The van der Waals surface area contributed by atoms with Gasteiger partial charge < -0.3 is 15.0 Å². The summed E-state index contributed by atoms with van der Waals surface area (Å²) in [5.41, 5.74) is 9.93. The molecular weight excluding hydrogens is 728 g/mol. The summed E-state index contributed by atoms with van der Waals surface area (Å²) in [6.45, 7) is 9.69. The Balaban J connectivity index is 0.885. The van der Waals surface area contributed by atoms with Crippen LogP contribution in [0.1, 0.15) is 132 Å². The molecule has 4 fully saturated rings. The number of benzene rings is 2. The Morgan fingerprint density at radius 2 is 1.71 bits per heavy atom. The van der Waals surface area contributed by atoms with Gasteiger partial charge in [0.15, 0.2) is 5.82 Å². The minimum Gasteiger partial charge on any atom is -0.481 e. The fraction of sp³-hybridized carbons (Fsp3) is 0.500. The van der Waals surface area contributed by atoms with Crippen molar-refractivity contribution in [1.29, 1.82) is 0 Å². The number of piperidine rings is 1. The number of likely N-dealkylation sites (tertiary alicyclic amines) is 1. The summed E-state index contributed by atoms with van der Waals surface area (Å²) in [6.07, 6.45) is 15.9. The van der Waals surface area contributed by atoms with Crippen molar-refractivity contribution in [3.63, 3.8) is 0 Å². The molecule has 4 heterocycles. The third kappa shape index (κ3) is 7.43. The van der Waals surface area contributed by atoms with Crippen molar-refractivity contribution in [2.45, 2.75) is 110 Å². The Kier molecular flexibility index (Phi) is 10.4. The van der Waals surface area contributed by atoms with E-state index in [0.29, 0.717) is 29.7 Å². The second-order valence-electron chi connectivity index (χ2n) is 18.2. The lowest BCUT2D eigenvalue weighted by Gasteiger charge is -2.32. The number of amides is 1. The molecule has 9 rings (SSSR count).